The van der Waals surface area contributed by atoms with Crippen molar-refractivity contribution in [2.24, 2.45) is 0 Å². The molecule has 2 aromatic rings. The van der Waals surface area contributed by atoms with E-state index in [0.717, 1.165) is 26.2 Å². The van der Waals surface area contributed by atoms with Gasteiger partial charge in [0, 0.05) is 56.4 Å². The fraction of sp³-hybridized carbons (Fsp3) is 0.478. The quantitative estimate of drug-likeness (QED) is 0.798. The van der Waals surface area contributed by atoms with Gasteiger partial charge in [-0.05, 0) is 36.9 Å². The van der Waals surface area contributed by atoms with Crippen LogP contribution in [0.2, 0.25) is 0 Å². The lowest BCUT2D eigenvalue weighted by atomic mass is 10.1. The molecule has 6 nitrogen and oxygen atoms in total. The summed E-state index contributed by atoms with van der Waals surface area (Å²) in [7, 11) is 0. The Morgan fingerprint density at radius 2 is 1.93 bits per heavy atom. The Bertz CT molecular complexity index is 891. The monoisotopic (exact) mass is 426 g/mol. The molecule has 0 unspecified atom stereocenters. The van der Waals surface area contributed by atoms with Crippen molar-refractivity contribution in [1.82, 2.24) is 15.1 Å². The molecule has 1 aromatic carbocycles. The molecule has 1 atom stereocenters. The van der Waals surface area contributed by atoms with E-state index in [4.69, 9.17) is 0 Å². The van der Waals surface area contributed by atoms with Gasteiger partial charge >= 0.3 is 0 Å². The largest absolute Gasteiger partial charge is 0.368 e. The maximum atomic E-state index is 13.0. The SMILES string of the molecule is Cc1ccc(N2CCN(C(=O)C[C@H]3C(=O)NCCN3Cc3cccs3)CC2)c(C)c1. The van der Waals surface area contributed by atoms with E-state index < -0.39 is 0 Å². The average molecular weight is 427 g/mol. The summed E-state index contributed by atoms with van der Waals surface area (Å²) in [4.78, 5) is 33.2. The van der Waals surface area contributed by atoms with Gasteiger partial charge in [-0.2, -0.15) is 0 Å². The number of rotatable bonds is 5. The number of carbonyl (C=O) groups excluding carboxylic acids is 2. The van der Waals surface area contributed by atoms with E-state index in [-0.39, 0.29) is 24.3 Å². The van der Waals surface area contributed by atoms with Crippen molar-refractivity contribution in [2.45, 2.75) is 32.9 Å². The van der Waals surface area contributed by atoms with Crippen molar-refractivity contribution < 1.29 is 9.59 Å². The van der Waals surface area contributed by atoms with Gasteiger partial charge in [0.15, 0.2) is 0 Å². The summed E-state index contributed by atoms with van der Waals surface area (Å²) in [6.07, 6.45) is 0.251. The van der Waals surface area contributed by atoms with E-state index in [1.165, 1.54) is 21.7 Å². The Morgan fingerprint density at radius 1 is 1.13 bits per heavy atom. The highest BCUT2D eigenvalue weighted by Crippen LogP contribution is 2.23. The average Bonchev–Trinajstić information content (AvgIpc) is 3.24. The predicted molar refractivity (Wildman–Crippen MR) is 121 cm³/mol. The first kappa shape index (κ1) is 20.9. The summed E-state index contributed by atoms with van der Waals surface area (Å²) in [5.41, 5.74) is 3.79. The molecular formula is C23H30N4O2S. The molecule has 2 fully saturated rings. The van der Waals surface area contributed by atoms with Gasteiger partial charge in [0.05, 0.1) is 12.5 Å². The maximum absolute atomic E-state index is 13.0. The molecule has 0 saturated carbocycles. The van der Waals surface area contributed by atoms with Crippen molar-refractivity contribution >= 4 is 28.8 Å². The predicted octanol–water partition coefficient (Wildman–Crippen LogP) is 2.40. The highest BCUT2D eigenvalue weighted by atomic mass is 32.1. The highest BCUT2D eigenvalue weighted by molar-refractivity contribution is 7.09. The number of amides is 2. The smallest absolute Gasteiger partial charge is 0.237 e. The zero-order valence-electron chi connectivity index (χ0n) is 17.8. The molecule has 3 heterocycles. The van der Waals surface area contributed by atoms with Crippen LogP contribution in [0.1, 0.15) is 22.4 Å². The van der Waals surface area contributed by atoms with Crippen molar-refractivity contribution in [1.29, 1.82) is 0 Å². The van der Waals surface area contributed by atoms with Crippen molar-refractivity contribution in [2.75, 3.05) is 44.2 Å². The van der Waals surface area contributed by atoms with Crippen LogP contribution in [-0.4, -0.2) is 66.9 Å². The molecule has 4 rings (SSSR count). The topological polar surface area (TPSA) is 55.9 Å². The van der Waals surface area contributed by atoms with E-state index >= 15 is 0 Å². The van der Waals surface area contributed by atoms with Gasteiger partial charge in [-0.3, -0.25) is 14.5 Å². The Kier molecular flexibility index (Phi) is 6.39. The van der Waals surface area contributed by atoms with Gasteiger partial charge in [-0.25, -0.2) is 0 Å². The summed E-state index contributed by atoms with van der Waals surface area (Å²) < 4.78 is 0. The van der Waals surface area contributed by atoms with Crippen LogP contribution >= 0.6 is 11.3 Å². The lowest BCUT2D eigenvalue weighted by molar-refractivity contribution is -0.139. The Morgan fingerprint density at radius 3 is 2.63 bits per heavy atom. The first-order valence-electron chi connectivity index (χ1n) is 10.7. The minimum atomic E-state index is -0.384. The molecule has 160 valence electrons. The number of benzene rings is 1. The lowest BCUT2D eigenvalue weighted by Gasteiger charge is -2.39. The Labute approximate surface area is 182 Å². The zero-order chi connectivity index (χ0) is 21.1. The summed E-state index contributed by atoms with van der Waals surface area (Å²) in [5, 5.41) is 4.98. The van der Waals surface area contributed by atoms with E-state index in [9.17, 15) is 9.59 Å². The van der Waals surface area contributed by atoms with Crippen LogP contribution in [-0.2, 0) is 16.1 Å². The molecule has 0 radical (unpaired) electrons. The van der Waals surface area contributed by atoms with Gasteiger partial charge in [0.25, 0.3) is 0 Å². The number of carbonyl (C=O) groups is 2. The summed E-state index contributed by atoms with van der Waals surface area (Å²) in [6, 6.07) is 10.3. The highest BCUT2D eigenvalue weighted by Gasteiger charge is 2.33. The van der Waals surface area contributed by atoms with Gasteiger partial charge in [-0.15, -0.1) is 11.3 Å². The van der Waals surface area contributed by atoms with Gasteiger partial charge in [-0.1, -0.05) is 23.8 Å². The van der Waals surface area contributed by atoms with E-state index in [0.29, 0.717) is 19.6 Å². The first-order chi connectivity index (χ1) is 14.5. The minimum Gasteiger partial charge on any atom is -0.368 e. The van der Waals surface area contributed by atoms with Gasteiger partial charge in [0.2, 0.25) is 11.8 Å². The number of hydrogen-bond acceptors (Lipinski definition) is 5. The maximum Gasteiger partial charge on any atom is 0.237 e. The second-order valence-corrected chi connectivity index (χ2v) is 9.25. The van der Waals surface area contributed by atoms with Crippen LogP contribution in [0.4, 0.5) is 5.69 Å². The third-order valence-corrected chi connectivity index (χ3v) is 6.94. The molecular weight excluding hydrogens is 396 g/mol. The number of thiophene rings is 1. The van der Waals surface area contributed by atoms with Crippen LogP contribution in [0.15, 0.2) is 35.7 Å². The van der Waals surface area contributed by atoms with Crippen LogP contribution in [0, 0.1) is 13.8 Å². The normalized spacial score (nSPS) is 20.3. The molecule has 2 aliphatic heterocycles. The standard InChI is InChI=1S/C23H30N4O2S/c1-17-5-6-20(18(2)14-17)25-9-11-26(12-10-25)22(28)15-21-23(29)24-7-8-27(21)16-19-4-3-13-30-19/h3-6,13-14,21H,7-12,15-16H2,1-2H3,(H,24,29)/t21-/m0/s1. The third kappa shape index (κ3) is 4.68. The second kappa shape index (κ2) is 9.18. The second-order valence-electron chi connectivity index (χ2n) is 8.22. The number of aryl methyl sites for hydroxylation is 2. The fourth-order valence-corrected chi connectivity index (χ4v) is 5.16. The molecule has 2 saturated heterocycles. The summed E-state index contributed by atoms with van der Waals surface area (Å²) in [5.74, 6) is 0.0496. The van der Waals surface area contributed by atoms with Crippen molar-refractivity contribution in [3.05, 3.63) is 51.7 Å². The molecule has 0 aliphatic carbocycles. The first-order valence-corrected chi connectivity index (χ1v) is 11.5. The van der Waals surface area contributed by atoms with Crippen LogP contribution in [0.3, 0.4) is 0 Å². The van der Waals surface area contributed by atoms with Gasteiger partial charge < -0.3 is 15.1 Å². The Balaban J connectivity index is 1.35. The Hall–Kier alpha value is -2.38. The molecule has 2 aliphatic rings. The van der Waals surface area contributed by atoms with Gasteiger partial charge in [0.1, 0.15) is 0 Å². The number of anilines is 1. The molecule has 30 heavy (non-hydrogen) atoms. The van der Waals surface area contributed by atoms with Crippen molar-refractivity contribution in [3.63, 3.8) is 0 Å². The molecule has 2 amide bonds. The van der Waals surface area contributed by atoms with E-state index in [1.807, 2.05) is 11.0 Å². The van der Waals surface area contributed by atoms with Crippen LogP contribution in [0.25, 0.3) is 0 Å². The fourth-order valence-electron chi connectivity index (χ4n) is 4.43. The van der Waals surface area contributed by atoms with E-state index in [1.54, 1.807) is 11.3 Å². The number of piperazine rings is 2. The third-order valence-electron chi connectivity index (χ3n) is 6.07. The summed E-state index contributed by atoms with van der Waals surface area (Å²) in [6.45, 7) is 9.45. The molecule has 0 bridgehead atoms. The van der Waals surface area contributed by atoms with Crippen LogP contribution in [0.5, 0.6) is 0 Å². The number of nitrogens with one attached hydrogen (secondary N) is 1. The lowest BCUT2D eigenvalue weighted by Crippen LogP contribution is -2.57. The summed E-state index contributed by atoms with van der Waals surface area (Å²) >= 11 is 1.69. The minimum absolute atomic E-state index is 0.0277. The molecule has 1 N–H and O–H groups in total. The van der Waals surface area contributed by atoms with Crippen molar-refractivity contribution in [3.8, 4) is 0 Å². The molecule has 7 heteroatoms. The van der Waals surface area contributed by atoms with Crippen LogP contribution < -0.4 is 10.2 Å². The molecule has 0 spiro atoms. The van der Waals surface area contributed by atoms with E-state index in [2.05, 4.69) is 58.6 Å². The molecule has 1 aromatic heterocycles. The number of nitrogens with zero attached hydrogens (tertiary/aromatic N) is 3. The zero-order valence-corrected chi connectivity index (χ0v) is 18.6. The number of hydrogen-bond donors (Lipinski definition) is 1.